The van der Waals surface area contributed by atoms with E-state index in [2.05, 4.69) is 4.74 Å². The molecule has 0 aliphatic carbocycles. The largest absolute Gasteiger partial charge is 0.491 e. The highest BCUT2D eigenvalue weighted by molar-refractivity contribution is 5.90. The predicted octanol–water partition coefficient (Wildman–Crippen LogP) is 2.45. The van der Waals surface area contributed by atoms with Crippen LogP contribution in [0.5, 0.6) is 0 Å². The topological polar surface area (TPSA) is 118 Å². The normalized spacial score (nSPS) is 11.9. The van der Waals surface area contributed by atoms with Crippen LogP contribution < -0.4 is 0 Å². The van der Waals surface area contributed by atoms with Crippen molar-refractivity contribution < 1.29 is 86.8 Å². The summed E-state index contributed by atoms with van der Waals surface area (Å²) in [6, 6.07) is 0. The fraction of sp³-hybridized carbons (Fsp3) is 0.500. The molecular formula is C8H2F12O7. The fourth-order valence-electron chi connectivity index (χ4n) is 0.200. The quantitative estimate of drug-likeness (QED) is 0.339. The van der Waals surface area contributed by atoms with Crippen LogP contribution in [-0.2, 0) is 23.9 Å². The van der Waals surface area contributed by atoms with Crippen LogP contribution in [0.1, 0.15) is 0 Å². The first-order valence-corrected chi connectivity index (χ1v) is 4.94. The number of hydrogen-bond donors (Lipinski definition) is 2. The lowest BCUT2D eigenvalue weighted by Gasteiger charge is -2.06. The maximum absolute atomic E-state index is 11.2. The molecule has 0 heterocycles. The van der Waals surface area contributed by atoms with Crippen LogP contribution in [0, 0.1) is 0 Å². The highest BCUT2D eigenvalue weighted by Gasteiger charge is 2.49. The molecule has 0 radical (unpaired) electrons. The summed E-state index contributed by atoms with van der Waals surface area (Å²) < 4.78 is 133. The third-order valence-electron chi connectivity index (χ3n) is 1.13. The van der Waals surface area contributed by atoms with Gasteiger partial charge in [0.1, 0.15) is 0 Å². The van der Waals surface area contributed by atoms with Crippen LogP contribution in [0.2, 0.25) is 0 Å². The summed E-state index contributed by atoms with van der Waals surface area (Å²) in [5.41, 5.74) is 0. The number of carbonyl (C=O) groups is 4. The molecule has 0 unspecified atom stereocenters. The van der Waals surface area contributed by atoms with Gasteiger partial charge in [0.05, 0.1) is 0 Å². The van der Waals surface area contributed by atoms with Crippen molar-refractivity contribution in [2.24, 2.45) is 0 Å². The Morgan fingerprint density at radius 3 is 0.704 bits per heavy atom. The van der Waals surface area contributed by atoms with Crippen molar-refractivity contribution in [1.82, 2.24) is 0 Å². The molecule has 0 atom stereocenters. The number of rotatable bonds is 0. The van der Waals surface area contributed by atoms with Gasteiger partial charge in [0.25, 0.3) is 0 Å². The lowest BCUT2D eigenvalue weighted by molar-refractivity contribution is -0.221. The second-order valence-corrected chi connectivity index (χ2v) is 3.28. The molecule has 27 heavy (non-hydrogen) atoms. The summed E-state index contributed by atoms with van der Waals surface area (Å²) in [6.07, 6.45) is -21.4. The fourth-order valence-corrected chi connectivity index (χ4v) is 0.200. The molecule has 0 rings (SSSR count). The molecule has 160 valence electrons. The highest BCUT2D eigenvalue weighted by atomic mass is 19.4. The van der Waals surface area contributed by atoms with Crippen molar-refractivity contribution in [3.8, 4) is 0 Å². The predicted molar refractivity (Wildman–Crippen MR) is 50.6 cm³/mol. The molecule has 0 aliphatic heterocycles. The van der Waals surface area contributed by atoms with E-state index in [0.717, 1.165) is 0 Å². The Kier molecular flexibility index (Phi) is 10.5. The molecule has 0 spiro atoms. The molecule has 0 aromatic carbocycles. The van der Waals surface area contributed by atoms with E-state index in [1.807, 2.05) is 0 Å². The zero-order valence-corrected chi connectivity index (χ0v) is 11.5. The third-order valence-corrected chi connectivity index (χ3v) is 1.13. The Hall–Kier alpha value is -2.76. The molecule has 0 saturated carbocycles. The van der Waals surface area contributed by atoms with Gasteiger partial charge in [-0.2, -0.15) is 52.7 Å². The van der Waals surface area contributed by atoms with Gasteiger partial charge in [0.2, 0.25) is 0 Å². The summed E-state index contributed by atoms with van der Waals surface area (Å²) >= 11 is 0. The zero-order valence-electron chi connectivity index (χ0n) is 11.5. The van der Waals surface area contributed by atoms with Gasteiger partial charge < -0.3 is 14.9 Å². The lowest BCUT2D eigenvalue weighted by Crippen LogP contribution is -2.34. The molecule has 0 aromatic rings. The van der Waals surface area contributed by atoms with E-state index in [1.54, 1.807) is 0 Å². The summed E-state index contributed by atoms with van der Waals surface area (Å²) in [5, 5.41) is 14.2. The van der Waals surface area contributed by atoms with Gasteiger partial charge in [-0.3, -0.25) is 0 Å². The molecule has 0 bridgehead atoms. The summed E-state index contributed by atoms with van der Waals surface area (Å²) in [7, 11) is 0. The van der Waals surface area contributed by atoms with Crippen LogP contribution >= 0.6 is 0 Å². The average Bonchev–Trinajstić information content (AvgIpc) is 2.35. The first-order valence-electron chi connectivity index (χ1n) is 4.94. The zero-order chi connectivity index (χ0) is 23.0. The van der Waals surface area contributed by atoms with Gasteiger partial charge in [-0.1, -0.05) is 0 Å². The van der Waals surface area contributed by atoms with Gasteiger partial charge >= 0.3 is 48.6 Å². The number of esters is 2. The molecule has 0 amide bonds. The van der Waals surface area contributed by atoms with Crippen LogP contribution in [0.4, 0.5) is 52.7 Å². The third kappa shape index (κ3) is 16.5. The number of alkyl halides is 12. The number of halogens is 12. The average molecular weight is 438 g/mol. The van der Waals surface area contributed by atoms with E-state index in [9.17, 15) is 62.3 Å². The standard InChI is InChI=1S/C4F6O3.2C2HF3O2/c5-3(6,7)1(11)13-2(12)4(8,9)10;2*3-2(4,5)1(6)7/h;2*(H,6,7). The van der Waals surface area contributed by atoms with Crippen molar-refractivity contribution in [1.29, 1.82) is 0 Å². The van der Waals surface area contributed by atoms with Gasteiger partial charge in [-0.05, 0) is 0 Å². The van der Waals surface area contributed by atoms with Crippen molar-refractivity contribution in [2.75, 3.05) is 0 Å². The monoisotopic (exact) mass is 438 g/mol. The van der Waals surface area contributed by atoms with E-state index >= 15 is 0 Å². The van der Waals surface area contributed by atoms with Crippen molar-refractivity contribution in [3.05, 3.63) is 0 Å². The number of aliphatic carboxylic acids is 2. The second-order valence-electron chi connectivity index (χ2n) is 3.28. The molecule has 0 aromatic heterocycles. The van der Waals surface area contributed by atoms with E-state index < -0.39 is 48.6 Å². The molecule has 7 nitrogen and oxygen atoms in total. The van der Waals surface area contributed by atoms with Crippen molar-refractivity contribution in [2.45, 2.75) is 24.7 Å². The first kappa shape index (κ1) is 29.0. The Morgan fingerprint density at radius 2 is 0.630 bits per heavy atom. The van der Waals surface area contributed by atoms with Crippen LogP contribution in [0.3, 0.4) is 0 Å². The summed E-state index contributed by atoms with van der Waals surface area (Å²) in [6.45, 7) is 0. The summed E-state index contributed by atoms with van der Waals surface area (Å²) in [5.74, 6) is -11.9. The Balaban J connectivity index is -0.000000350. The number of carboxylic acids is 2. The number of hydrogen-bond acceptors (Lipinski definition) is 5. The Labute approximate surface area is 137 Å². The van der Waals surface area contributed by atoms with Crippen LogP contribution in [-0.4, -0.2) is 58.8 Å². The molecule has 0 fully saturated rings. The summed E-state index contributed by atoms with van der Waals surface area (Å²) in [4.78, 5) is 37.1. The van der Waals surface area contributed by atoms with Gasteiger partial charge in [-0.25, -0.2) is 19.2 Å². The molecule has 0 aliphatic rings. The number of carboxylic acid groups (broad SMARTS) is 2. The molecule has 2 N–H and O–H groups in total. The van der Waals surface area contributed by atoms with E-state index in [0.29, 0.717) is 0 Å². The Bertz CT molecular complexity index is 490. The maximum Gasteiger partial charge on any atom is 0.491 e. The van der Waals surface area contributed by atoms with E-state index in [1.165, 1.54) is 0 Å². The second kappa shape index (κ2) is 9.80. The maximum atomic E-state index is 11.2. The van der Waals surface area contributed by atoms with Crippen molar-refractivity contribution >= 4 is 23.9 Å². The molecule has 19 heteroatoms. The highest BCUT2D eigenvalue weighted by Crippen LogP contribution is 2.21. The van der Waals surface area contributed by atoms with E-state index in [4.69, 9.17) is 19.8 Å². The van der Waals surface area contributed by atoms with Crippen molar-refractivity contribution in [3.63, 3.8) is 0 Å². The van der Waals surface area contributed by atoms with Gasteiger partial charge in [-0.15, -0.1) is 0 Å². The van der Waals surface area contributed by atoms with Crippen LogP contribution in [0.25, 0.3) is 0 Å². The lowest BCUT2D eigenvalue weighted by atomic mass is 10.6. The number of ether oxygens (including phenoxy) is 1. The first-order chi connectivity index (χ1) is 11.4. The van der Waals surface area contributed by atoms with Gasteiger partial charge in [0, 0.05) is 0 Å². The Morgan fingerprint density at radius 1 is 0.481 bits per heavy atom. The smallest absolute Gasteiger partial charge is 0.475 e. The van der Waals surface area contributed by atoms with Crippen LogP contribution in [0.15, 0.2) is 0 Å². The van der Waals surface area contributed by atoms with E-state index in [-0.39, 0.29) is 0 Å². The molecular weight excluding hydrogens is 436 g/mol. The SMILES string of the molecule is O=C(O)C(F)(F)F.O=C(O)C(F)(F)F.O=C(OC(=O)C(F)(F)F)C(F)(F)F. The van der Waals surface area contributed by atoms with Gasteiger partial charge in [0.15, 0.2) is 0 Å². The number of carbonyl (C=O) groups excluding carboxylic acids is 2. The minimum absolute atomic E-state index is 2.45. The molecule has 0 saturated heterocycles. The minimum atomic E-state index is -5.62. The minimum Gasteiger partial charge on any atom is -0.475 e.